The van der Waals surface area contributed by atoms with Gasteiger partial charge in [0.2, 0.25) is 0 Å². The zero-order valence-corrected chi connectivity index (χ0v) is 10.2. The molecule has 0 aliphatic heterocycles. The van der Waals surface area contributed by atoms with Gasteiger partial charge >= 0.3 is 0 Å². The van der Waals surface area contributed by atoms with E-state index in [1.54, 1.807) is 25.1 Å². The summed E-state index contributed by atoms with van der Waals surface area (Å²) in [7, 11) is 0. The van der Waals surface area contributed by atoms with E-state index in [1.165, 1.54) is 0 Å². The molecular weight excluding hydrogens is 203 g/mol. The van der Waals surface area contributed by atoms with Gasteiger partial charge in [0, 0.05) is 6.42 Å². The highest BCUT2D eigenvalue weighted by Gasteiger charge is 2.10. The van der Waals surface area contributed by atoms with E-state index in [0.717, 1.165) is 29.5 Å². The number of aliphatic hydroxyl groups is 1. The maximum absolute atomic E-state index is 13.3. The van der Waals surface area contributed by atoms with Crippen LogP contribution < -0.4 is 0 Å². The monoisotopic (exact) mass is 222 g/mol. The Morgan fingerprint density at radius 2 is 1.75 bits per heavy atom. The van der Waals surface area contributed by atoms with Gasteiger partial charge in [0.25, 0.3) is 0 Å². The number of hydrogen-bond donors (Lipinski definition) is 1. The molecule has 0 saturated heterocycles. The summed E-state index contributed by atoms with van der Waals surface area (Å²) in [4.78, 5) is 0. The average molecular weight is 222 g/mol. The van der Waals surface area contributed by atoms with E-state index in [0.29, 0.717) is 12.2 Å². The number of hydrogen-bond acceptors (Lipinski definition) is 1. The van der Waals surface area contributed by atoms with Crippen molar-refractivity contribution in [2.24, 2.45) is 0 Å². The van der Waals surface area contributed by atoms with Gasteiger partial charge in [-0.3, -0.25) is 0 Å². The Balaban J connectivity index is 3.22. The Morgan fingerprint density at radius 3 is 2.12 bits per heavy atom. The van der Waals surface area contributed by atoms with Gasteiger partial charge in [0.05, 0.1) is 5.76 Å². The second kappa shape index (κ2) is 5.69. The second-order valence-corrected chi connectivity index (χ2v) is 3.87. The molecule has 1 N–H and O–H groups in total. The lowest BCUT2D eigenvalue weighted by Crippen LogP contribution is -2.02. The maximum atomic E-state index is 13.3. The largest absolute Gasteiger partial charge is 0.512 e. The van der Waals surface area contributed by atoms with E-state index in [9.17, 15) is 9.50 Å². The molecule has 0 fully saturated rings. The van der Waals surface area contributed by atoms with Crippen molar-refractivity contribution >= 4 is 0 Å². The predicted molar refractivity (Wildman–Crippen MR) is 65.2 cm³/mol. The van der Waals surface area contributed by atoms with Gasteiger partial charge < -0.3 is 5.11 Å². The Hall–Kier alpha value is -1.31. The van der Waals surface area contributed by atoms with Crippen LogP contribution in [0.3, 0.4) is 0 Å². The summed E-state index contributed by atoms with van der Waals surface area (Å²) in [5.41, 5.74) is 3.05. The van der Waals surface area contributed by atoms with E-state index in [2.05, 4.69) is 0 Å². The molecule has 0 aliphatic carbocycles. The fraction of sp³-hybridized carbons (Fsp3) is 0.429. The highest BCUT2D eigenvalue weighted by atomic mass is 19.1. The summed E-state index contributed by atoms with van der Waals surface area (Å²) in [5.74, 6) is 0.161. The first kappa shape index (κ1) is 12.8. The smallest absolute Gasteiger partial charge is 0.123 e. The predicted octanol–water partition coefficient (Wildman–Crippen LogP) is 3.95. The van der Waals surface area contributed by atoms with Crippen LogP contribution in [0.2, 0.25) is 0 Å². The molecule has 0 amide bonds. The van der Waals surface area contributed by atoms with Crippen LogP contribution >= 0.6 is 0 Å². The zero-order valence-electron chi connectivity index (χ0n) is 10.2. The van der Waals surface area contributed by atoms with Crippen LogP contribution in [0.1, 0.15) is 37.5 Å². The number of halogens is 1. The van der Waals surface area contributed by atoms with Crippen molar-refractivity contribution < 1.29 is 9.50 Å². The summed E-state index contributed by atoms with van der Waals surface area (Å²) >= 11 is 0. The van der Waals surface area contributed by atoms with Gasteiger partial charge in [-0.15, -0.1) is 0 Å². The zero-order chi connectivity index (χ0) is 12.1. The summed E-state index contributed by atoms with van der Waals surface area (Å²) in [6.07, 6.45) is 3.76. The fourth-order valence-corrected chi connectivity index (χ4v) is 1.90. The molecule has 1 aromatic rings. The number of rotatable bonds is 4. The summed E-state index contributed by atoms with van der Waals surface area (Å²) < 4.78 is 13.3. The van der Waals surface area contributed by atoms with Crippen LogP contribution in [0.4, 0.5) is 4.39 Å². The average Bonchev–Trinajstić information content (AvgIpc) is 2.30. The van der Waals surface area contributed by atoms with E-state index < -0.39 is 0 Å². The molecule has 0 bridgehead atoms. The molecule has 2 heteroatoms. The summed E-state index contributed by atoms with van der Waals surface area (Å²) in [6.45, 7) is 5.81. The van der Waals surface area contributed by atoms with Crippen molar-refractivity contribution in [1.29, 1.82) is 0 Å². The third kappa shape index (κ3) is 2.84. The minimum Gasteiger partial charge on any atom is -0.512 e. The molecule has 0 atom stereocenters. The summed E-state index contributed by atoms with van der Waals surface area (Å²) in [6, 6.07) is 3.13. The van der Waals surface area contributed by atoms with Gasteiger partial charge in [-0.1, -0.05) is 13.8 Å². The Kier molecular flexibility index (Phi) is 4.53. The third-order valence-corrected chi connectivity index (χ3v) is 2.85. The van der Waals surface area contributed by atoms with Crippen molar-refractivity contribution in [2.75, 3.05) is 0 Å². The molecule has 0 saturated carbocycles. The lowest BCUT2D eigenvalue weighted by Gasteiger charge is -2.13. The maximum Gasteiger partial charge on any atom is 0.123 e. The first-order valence-corrected chi connectivity index (χ1v) is 5.76. The van der Waals surface area contributed by atoms with Crippen molar-refractivity contribution in [3.05, 3.63) is 46.5 Å². The number of allylic oxidation sites excluding steroid dienone is 2. The van der Waals surface area contributed by atoms with E-state index in [4.69, 9.17) is 0 Å². The Bertz CT molecular complexity index is 369. The van der Waals surface area contributed by atoms with Crippen LogP contribution in [-0.2, 0) is 19.3 Å². The number of aryl methyl sites for hydroxylation is 2. The highest BCUT2D eigenvalue weighted by molar-refractivity contribution is 5.38. The normalized spacial score (nSPS) is 11.9. The quantitative estimate of drug-likeness (QED) is 0.765. The van der Waals surface area contributed by atoms with Crippen LogP contribution in [0.15, 0.2) is 24.0 Å². The first-order chi connectivity index (χ1) is 7.62. The highest BCUT2D eigenvalue weighted by Crippen LogP contribution is 2.21. The van der Waals surface area contributed by atoms with Crippen molar-refractivity contribution in [3.63, 3.8) is 0 Å². The van der Waals surface area contributed by atoms with Crippen LogP contribution in [0.5, 0.6) is 0 Å². The number of aliphatic hydroxyl groups excluding tert-OH is 1. The molecule has 0 aliphatic rings. The molecule has 1 aromatic carbocycles. The molecule has 0 spiro atoms. The third-order valence-electron chi connectivity index (χ3n) is 2.85. The second-order valence-electron chi connectivity index (χ2n) is 3.87. The van der Waals surface area contributed by atoms with E-state index in [-0.39, 0.29) is 5.82 Å². The molecule has 0 aromatic heterocycles. The van der Waals surface area contributed by atoms with Gasteiger partial charge in [-0.25, -0.2) is 4.39 Å². The molecular formula is C14H19FO. The number of benzene rings is 1. The van der Waals surface area contributed by atoms with Gasteiger partial charge in [0.1, 0.15) is 5.82 Å². The van der Waals surface area contributed by atoms with Gasteiger partial charge in [-0.2, -0.15) is 0 Å². The van der Waals surface area contributed by atoms with Crippen LogP contribution in [0.25, 0.3) is 0 Å². The summed E-state index contributed by atoms with van der Waals surface area (Å²) in [5, 5.41) is 9.59. The van der Waals surface area contributed by atoms with Gasteiger partial charge in [-0.05, 0) is 54.7 Å². The lowest BCUT2D eigenvalue weighted by atomic mass is 9.94. The van der Waals surface area contributed by atoms with Crippen molar-refractivity contribution in [1.82, 2.24) is 0 Å². The SMILES string of the molecule is C/C=C(\O)Cc1c(CC)cc(F)cc1CC. The molecule has 88 valence electrons. The van der Waals surface area contributed by atoms with Crippen LogP contribution in [0, 0.1) is 5.82 Å². The van der Waals surface area contributed by atoms with E-state index >= 15 is 0 Å². The fourth-order valence-electron chi connectivity index (χ4n) is 1.90. The lowest BCUT2D eigenvalue weighted by molar-refractivity contribution is 0.396. The minimum absolute atomic E-state index is 0.183. The molecule has 0 radical (unpaired) electrons. The Morgan fingerprint density at radius 1 is 1.25 bits per heavy atom. The van der Waals surface area contributed by atoms with Crippen LogP contribution in [-0.4, -0.2) is 5.11 Å². The molecule has 0 unspecified atom stereocenters. The molecule has 1 nitrogen and oxygen atoms in total. The van der Waals surface area contributed by atoms with Crippen molar-refractivity contribution in [3.8, 4) is 0 Å². The standard InChI is InChI=1S/C14H19FO/c1-4-10-7-12(15)8-11(5-2)14(10)9-13(16)6-3/h6-8,16H,4-5,9H2,1-3H3/b13-6-. The molecule has 0 heterocycles. The minimum atomic E-state index is -0.183. The van der Waals surface area contributed by atoms with Gasteiger partial charge in [0.15, 0.2) is 0 Å². The van der Waals surface area contributed by atoms with Crippen molar-refractivity contribution in [2.45, 2.75) is 40.0 Å². The van der Waals surface area contributed by atoms with E-state index in [1.807, 2.05) is 13.8 Å². The molecule has 1 rings (SSSR count). The molecule has 16 heavy (non-hydrogen) atoms. The topological polar surface area (TPSA) is 20.2 Å². The Labute approximate surface area is 96.6 Å². The first-order valence-electron chi connectivity index (χ1n) is 5.76.